The summed E-state index contributed by atoms with van der Waals surface area (Å²) in [6.07, 6.45) is 2.00. The lowest BCUT2D eigenvalue weighted by Crippen LogP contribution is -2.29. The molecule has 0 heterocycles. The molecule has 2 rings (SSSR count). The minimum absolute atomic E-state index is 0.0424. The third-order valence-corrected chi connectivity index (χ3v) is 4.72. The smallest absolute Gasteiger partial charge is 0.263 e. The molecule has 1 aromatic carbocycles. The van der Waals surface area contributed by atoms with E-state index in [2.05, 4.69) is 0 Å². The molecule has 1 saturated carbocycles. The molecule has 5 nitrogen and oxygen atoms in total. The van der Waals surface area contributed by atoms with Gasteiger partial charge in [0.25, 0.3) is 15.0 Å². The van der Waals surface area contributed by atoms with Crippen molar-refractivity contribution in [2.75, 3.05) is 26.0 Å². The van der Waals surface area contributed by atoms with Crippen molar-refractivity contribution in [2.24, 2.45) is 0 Å². The van der Waals surface area contributed by atoms with Gasteiger partial charge in [-0.2, -0.15) is 0 Å². The normalized spacial score (nSPS) is 15.0. The van der Waals surface area contributed by atoms with Gasteiger partial charge >= 0.3 is 0 Å². The van der Waals surface area contributed by atoms with Crippen LogP contribution in [0.2, 0.25) is 0 Å². The Hall–Kier alpha value is -1.27. The predicted octanol–water partition coefficient (Wildman–Crippen LogP) is 1.91. The van der Waals surface area contributed by atoms with Crippen LogP contribution in [0.5, 0.6) is 0 Å². The summed E-state index contributed by atoms with van der Waals surface area (Å²) in [7, 11) is 6.73. The third kappa shape index (κ3) is 3.07. The maximum absolute atomic E-state index is 12.3. The van der Waals surface area contributed by atoms with Gasteiger partial charge in [0.05, 0.1) is 5.69 Å². The van der Waals surface area contributed by atoms with Crippen LogP contribution < -0.4 is 4.90 Å². The number of rotatable bonds is 4. The number of carbonyl (C=O) groups excluding carboxylic acids is 1. The second-order valence-corrected chi connectivity index (χ2v) is 7.70. The molecule has 1 aliphatic rings. The Morgan fingerprint density at radius 1 is 1.25 bits per heavy atom. The first-order valence-corrected chi connectivity index (χ1v) is 8.56. The van der Waals surface area contributed by atoms with Gasteiger partial charge in [-0.1, -0.05) is 0 Å². The van der Waals surface area contributed by atoms with E-state index in [-0.39, 0.29) is 16.8 Å². The van der Waals surface area contributed by atoms with Gasteiger partial charge in [0, 0.05) is 43.4 Å². The minimum Gasteiger partial charge on any atom is -0.377 e. The molecule has 110 valence electrons. The van der Waals surface area contributed by atoms with E-state index in [1.165, 1.54) is 6.07 Å². The van der Waals surface area contributed by atoms with Gasteiger partial charge in [0.1, 0.15) is 4.90 Å². The van der Waals surface area contributed by atoms with Crippen molar-refractivity contribution >= 4 is 31.3 Å². The lowest BCUT2D eigenvalue weighted by atomic mass is 10.1. The first-order chi connectivity index (χ1) is 9.21. The summed E-state index contributed by atoms with van der Waals surface area (Å²) in [5.41, 5.74) is 0.801. The Balaban J connectivity index is 2.44. The van der Waals surface area contributed by atoms with Gasteiger partial charge in [-0.3, -0.25) is 4.79 Å². The molecule has 0 unspecified atom stereocenters. The van der Waals surface area contributed by atoms with Gasteiger partial charge < -0.3 is 9.80 Å². The molecular weight excluding hydrogens is 300 g/mol. The number of halogens is 1. The molecule has 1 fully saturated rings. The number of nitrogens with zero attached hydrogens (tertiary/aromatic N) is 2. The highest BCUT2D eigenvalue weighted by molar-refractivity contribution is 8.13. The van der Waals surface area contributed by atoms with E-state index < -0.39 is 9.05 Å². The zero-order valence-corrected chi connectivity index (χ0v) is 13.2. The summed E-state index contributed by atoms with van der Waals surface area (Å²) in [5.74, 6) is -0.181. The maximum Gasteiger partial charge on any atom is 0.263 e. The summed E-state index contributed by atoms with van der Waals surface area (Å²) in [6.45, 7) is 0. The number of carbonyl (C=O) groups is 1. The molecule has 0 spiro atoms. The number of anilines is 1. The average molecular weight is 317 g/mol. The largest absolute Gasteiger partial charge is 0.377 e. The van der Waals surface area contributed by atoms with Gasteiger partial charge in [-0.25, -0.2) is 8.42 Å². The first kappa shape index (κ1) is 15.1. The highest BCUT2D eigenvalue weighted by Crippen LogP contribution is 2.30. The molecule has 7 heteroatoms. The van der Waals surface area contributed by atoms with Crippen LogP contribution in [0.1, 0.15) is 23.2 Å². The summed E-state index contributed by atoms with van der Waals surface area (Å²) in [4.78, 5) is 15.5. The Labute approximate surface area is 123 Å². The van der Waals surface area contributed by atoms with Crippen molar-refractivity contribution in [3.8, 4) is 0 Å². The zero-order valence-electron chi connectivity index (χ0n) is 11.6. The van der Waals surface area contributed by atoms with Crippen LogP contribution in [0.3, 0.4) is 0 Å². The standard InChI is InChI=1S/C13H17ClN2O3S/c1-15(2)11-7-4-9(8-12(11)20(14,18)19)13(17)16(3)10-5-6-10/h4,7-8,10H,5-6H2,1-3H3. The van der Waals surface area contributed by atoms with Crippen LogP contribution in [0.25, 0.3) is 0 Å². The third-order valence-electron chi connectivity index (χ3n) is 3.37. The van der Waals surface area contributed by atoms with Gasteiger partial charge in [-0.15, -0.1) is 0 Å². The molecule has 0 saturated heterocycles. The fourth-order valence-corrected chi connectivity index (χ4v) is 3.18. The Kier molecular flexibility index (Phi) is 3.97. The topological polar surface area (TPSA) is 57.7 Å². The van der Waals surface area contributed by atoms with E-state index in [0.29, 0.717) is 11.3 Å². The first-order valence-electron chi connectivity index (χ1n) is 6.25. The molecule has 0 aromatic heterocycles. The zero-order chi connectivity index (χ0) is 15.1. The molecule has 0 N–H and O–H groups in total. The van der Waals surface area contributed by atoms with Crippen LogP contribution >= 0.6 is 10.7 Å². The molecule has 1 amide bonds. The van der Waals surface area contributed by atoms with E-state index in [4.69, 9.17) is 10.7 Å². The Morgan fingerprint density at radius 2 is 1.85 bits per heavy atom. The van der Waals surface area contributed by atoms with E-state index in [0.717, 1.165) is 12.8 Å². The van der Waals surface area contributed by atoms with Crippen molar-refractivity contribution in [3.05, 3.63) is 23.8 Å². The highest BCUT2D eigenvalue weighted by atomic mass is 35.7. The van der Waals surface area contributed by atoms with E-state index in [9.17, 15) is 13.2 Å². The molecular formula is C13H17ClN2O3S. The summed E-state index contributed by atoms with van der Waals surface area (Å²) >= 11 is 0. The minimum atomic E-state index is -3.91. The van der Waals surface area contributed by atoms with Crippen molar-refractivity contribution < 1.29 is 13.2 Å². The predicted molar refractivity (Wildman–Crippen MR) is 78.9 cm³/mol. The Morgan fingerprint density at radius 3 is 2.30 bits per heavy atom. The van der Waals surface area contributed by atoms with Crippen LogP contribution in [-0.2, 0) is 9.05 Å². The average Bonchev–Trinajstić information content (AvgIpc) is 3.19. The summed E-state index contributed by atoms with van der Waals surface area (Å²) in [6, 6.07) is 4.84. The van der Waals surface area contributed by atoms with E-state index in [1.807, 2.05) is 0 Å². The monoisotopic (exact) mass is 316 g/mol. The van der Waals surface area contributed by atoms with Gasteiger partial charge in [-0.05, 0) is 31.0 Å². The van der Waals surface area contributed by atoms with E-state index >= 15 is 0 Å². The second kappa shape index (κ2) is 5.26. The SMILES string of the molecule is CN(C)c1ccc(C(=O)N(C)C2CC2)cc1S(=O)(=O)Cl. The number of hydrogen-bond acceptors (Lipinski definition) is 4. The second-order valence-electron chi connectivity index (χ2n) is 5.16. The van der Waals surface area contributed by atoms with Crippen molar-refractivity contribution in [1.29, 1.82) is 0 Å². The molecule has 0 bridgehead atoms. The van der Waals surface area contributed by atoms with Crippen molar-refractivity contribution in [2.45, 2.75) is 23.8 Å². The van der Waals surface area contributed by atoms with Gasteiger partial charge in [0.2, 0.25) is 0 Å². The maximum atomic E-state index is 12.3. The Bertz CT molecular complexity index is 639. The number of benzene rings is 1. The number of hydrogen-bond donors (Lipinski definition) is 0. The number of amides is 1. The summed E-state index contributed by atoms with van der Waals surface area (Å²) < 4.78 is 23.3. The molecule has 1 aliphatic carbocycles. The molecule has 1 aromatic rings. The van der Waals surface area contributed by atoms with Crippen LogP contribution in [0.4, 0.5) is 5.69 Å². The fourth-order valence-electron chi connectivity index (χ4n) is 2.04. The lowest BCUT2D eigenvalue weighted by molar-refractivity contribution is 0.0785. The van der Waals surface area contributed by atoms with Crippen LogP contribution in [0.15, 0.2) is 23.1 Å². The fraction of sp³-hybridized carbons (Fsp3) is 0.462. The highest BCUT2D eigenvalue weighted by Gasteiger charge is 2.30. The molecule has 0 radical (unpaired) electrons. The van der Waals surface area contributed by atoms with Gasteiger partial charge in [0.15, 0.2) is 0 Å². The lowest BCUT2D eigenvalue weighted by Gasteiger charge is -2.19. The quantitative estimate of drug-likeness (QED) is 0.796. The van der Waals surface area contributed by atoms with Crippen LogP contribution in [-0.4, -0.2) is 46.4 Å². The molecule has 20 heavy (non-hydrogen) atoms. The van der Waals surface area contributed by atoms with Crippen molar-refractivity contribution in [3.63, 3.8) is 0 Å². The molecule has 0 aliphatic heterocycles. The van der Waals surface area contributed by atoms with E-state index in [1.54, 1.807) is 43.1 Å². The van der Waals surface area contributed by atoms with Crippen molar-refractivity contribution in [1.82, 2.24) is 4.90 Å². The molecule has 0 atom stereocenters. The summed E-state index contributed by atoms with van der Waals surface area (Å²) in [5, 5.41) is 0. The van der Waals surface area contributed by atoms with Crippen LogP contribution in [0, 0.1) is 0 Å².